The lowest BCUT2D eigenvalue weighted by atomic mass is 9.97. The Kier molecular flexibility index (Phi) is 4.94. The number of aromatic hydroxyl groups is 1. The van der Waals surface area contributed by atoms with E-state index >= 15 is 0 Å². The Morgan fingerprint density at radius 1 is 1.13 bits per heavy atom. The first kappa shape index (κ1) is 19.7. The largest absolute Gasteiger partial charge is 0.507 e. The molecular formula is C25H23N3O2S. The third-order valence-electron chi connectivity index (χ3n) is 5.85. The van der Waals surface area contributed by atoms with Crippen molar-refractivity contribution in [3.8, 4) is 17.1 Å². The van der Waals surface area contributed by atoms with Gasteiger partial charge in [0.1, 0.15) is 10.6 Å². The van der Waals surface area contributed by atoms with E-state index in [0.29, 0.717) is 16.8 Å². The summed E-state index contributed by atoms with van der Waals surface area (Å²) in [7, 11) is 0. The van der Waals surface area contributed by atoms with Crippen molar-refractivity contribution in [3.05, 3.63) is 79.9 Å². The Balaban J connectivity index is 1.78. The second-order valence-electron chi connectivity index (χ2n) is 8.07. The van der Waals surface area contributed by atoms with Gasteiger partial charge < -0.3 is 5.11 Å². The van der Waals surface area contributed by atoms with E-state index in [0.717, 1.165) is 52.8 Å². The van der Waals surface area contributed by atoms with Gasteiger partial charge in [-0.05, 0) is 62.8 Å². The number of thiophene rings is 1. The van der Waals surface area contributed by atoms with Crippen LogP contribution in [0.3, 0.4) is 0 Å². The number of rotatable bonds is 3. The molecule has 0 bridgehead atoms. The highest BCUT2D eigenvalue weighted by Crippen LogP contribution is 2.35. The second kappa shape index (κ2) is 7.78. The van der Waals surface area contributed by atoms with Crippen LogP contribution in [0.5, 0.6) is 5.75 Å². The average Bonchev–Trinajstić information content (AvgIpc) is 3.14. The standard InChI is InChI=1S/C25H23N3O2S/c1-15-11-12-20(29)17(13-15)14-26-28-23(18-8-4-3-7-16(18)2)27-24-22(25(28)30)19-9-5-6-10-21(19)31-24/h3-4,7-8,11-14,29H,5-6,9-10H2,1-2H3/b26-14-. The minimum Gasteiger partial charge on any atom is -0.507 e. The summed E-state index contributed by atoms with van der Waals surface area (Å²) in [6, 6.07) is 13.2. The lowest BCUT2D eigenvalue weighted by molar-refractivity contribution is 0.474. The molecule has 0 saturated heterocycles. The molecule has 156 valence electrons. The van der Waals surface area contributed by atoms with Gasteiger partial charge in [0, 0.05) is 16.0 Å². The summed E-state index contributed by atoms with van der Waals surface area (Å²) in [5.74, 6) is 0.652. The number of phenols is 1. The van der Waals surface area contributed by atoms with E-state index in [4.69, 9.17) is 4.98 Å². The molecule has 0 radical (unpaired) electrons. The van der Waals surface area contributed by atoms with Crippen LogP contribution in [-0.2, 0) is 12.8 Å². The zero-order valence-electron chi connectivity index (χ0n) is 17.6. The molecule has 1 aliphatic carbocycles. The summed E-state index contributed by atoms with van der Waals surface area (Å²) >= 11 is 1.64. The number of benzene rings is 2. The predicted octanol–water partition coefficient (Wildman–Crippen LogP) is 5.21. The molecule has 4 aromatic rings. The van der Waals surface area contributed by atoms with Crippen molar-refractivity contribution in [3.63, 3.8) is 0 Å². The number of aryl methyl sites for hydroxylation is 4. The molecule has 2 aromatic heterocycles. The van der Waals surface area contributed by atoms with Gasteiger partial charge in [0.2, 0.25) is 0 Å². The minimum atomic E-state index is -0.147. The Bertz CT molecular complexity index is 1400. The van der Waals surface area contributed by atoms with Crippen LogP contribution in [-0.4, -0.2) is 21.0 Å². The second-order valence-corrected chi connectivity index (χ2v) is 9.15. The Hall–Kier alpha value is -3.25. The SMILES string of the molecule is Cc1ccc(O)c(/C=N\n2c(-c3ccccc3C)nc3sc4c(c3c2=O)CCCC4)c1. The van der Waals surface area contributed by atoms with E-state index in [1.165, 1.54) is 15.8 Å². The zero-order chi connectivity index (χ0) is 21.5. The van der Waals surface area contributed by atoms with Crippen molar-refractivity contribution in [1.82, 2.24) is 9.66 Å². The van der Waals surface area contributed by atoms with Gasteiger partial charge in [0.05, 0.1) is 11.6 Å². The van der Waals surface area contributed by atoms with Gasteiger partial charge in [-0.1, -0.05) is 35.9 Å². The third kappa shape index (κ3) is 3.47. The van der Waals surface area contributed by atoms with Crippen LogP contribution in [0.4, 0.5) is 0 Å². The quantitative estimate of drug-likeness (QED) is 0.455. The van der Waals surface area contributed by atoms with E-state index in [9.17, 15) is 9.90 Å². The van der Waals surface area contributed by atoms with Crippen molar-refractivity contribution >= 4 is 27.8 Å². The van der Waals surface area contributed by atoms with Crippen molar-refractivity contribution in [2.24, 2.45) is 5.10 Å². The highest BCUT2D eigenvalue weighted by Gasteiger charge is 2.23. The molecule has 0 spiro atoms. The summed E-state index contributed by atoms with van der Waals surface area (Å²) in [5, 5.41) is 15.4. The molecule has 5 rings (SSSR count). The number of fused-ring (bicyclic) bond motifs is 3. The summed E-state index contributed by atoms with van der Waals surface area (Å²) in [5.41, 5.74) is 4.46. The molecule has 0 unspecified atom stereocenters. The smallest absolute Gasteiger partial charge is 0.283 e. The number of nitrogens with zero attached hydrogens (tertiary/aromatic N) is 3. The summed E-state index contributed by atoms with van der Waals surface area (Å²) in [4.78, 5) is 20.7. The molecule has 5 nitrogen and oxygen atoms in total. The summed E-state index contributed by atoms with van der Waals surface area (Å²) < 4.78 is 1.40. The first-order valence-corrected chi connectivity index (χ1v) is 11.3. The maximum Gasteiger partial charge on any atom is 0.283 e. The van der Waals surface area contributed by atoms with E-state index in [-0.39, 0.29) is 11.3 Å². The number of aromatic nitrogens is 2. The van der Waals surface area contributed by atoms with Crippen LogP contribution in [0.15, 0.2) is 52.4 Å². The van der Waals surface area contributed by atoms with Gasteiger partial charge in [-0.15, -0.1) is 11.3 Å². The highest BCUT2D eigenvalue weighted by atomic mass is 32.1. The molecule has 0 atom stereocenters. The molecule has 1 N–H and O–H groups in total. The Morgan fingerprint density at radius 2 is 1.94 bits per heavy atom. The van der Waals surface area contributed by atoms with Crippen molar-refractivity contribution in [2.45, 2.75) is 39.5 Å². The van der Waals surface area contributed by atoms with Crippen molar-refractivity contribution in [1.29, 1.82) is 0 Å². The monoisotopic (exact) mass is 429 g/mol. The average molecular weight is 430 g/mol. The predicted molar refractivity (Wildman–Crippen MR) is 127 cm³/mol. The van der Waals surface area contributed by atoms with E-state index in [1.54, 1.807) is 17.4 Å². The molecule has 0 aliphatic heterocycles. The molecule has 6 heteroatoms. The van der Waals surface area contributed by atoms with Gasteiger partial charge in [-0.3, -0.25) is 4.79 Å². The first-order valence-electron chi connectivity index (χ1n) is 10.5. The van der Waals surface area contributed by atoms with Gasteiger partial charge in [-0.2, -0.15) is 9.78 Å². The fourth-order valence-electron chi connectivity index (χ4n) is 4.20. The Morgan fingerprint density at radius 3 is 2.77 bits per heavy atom. The van der Waals surface area contributed by atoms with E-state index < -0.39 is 0 Å². The molecule has 0 saturated carbocycles. The first-order chi connectivity index (χ1) is 15.0. The molecule has 2 aromatic carbocycles. The molecule has 1 aliphatic rings. The maximum absolute atomic E-state index is 13.7. The molecule has 31 heavy (non-hydrogen) atoms. The minimum absolute atomic E-state index is 0.127. The highest BCUT2D eigenvalue weighted by molar-refractivity contribution is 7.18. The number of phenolic OH excluding ortho intramolecular Hbond substituents is 1. The normalized spacial score (nSPS) is 13.7. The molecule has 0 fully saturated rings. The van der Waals surface area contributed by atoms with Crippen molar-refractivity contribution < 1.29 is 5.11 Å². The topological polar surface area (TPSA) is 67.5 Å². The van der Waals surface area contributed by atoms with E-state index in [1.807, 2.05) is 50.2 Å². The van der Waals surface area contributed by atoms with Gasteiger partial charge in [0.15, 0.2) is 5.82 Å². The Labute approximate surface area is 184 Å². The van der Waals surface area contributed by atoms with Crippen LogP contribution in [0.25, 0.3) is 21.6 Å². The van der Waals surface area contributed by atoms with Crippen LogP contribution < -0.4 is 5.56 Å². The maximum atomic E-state index is 13.7. The molecular weight excluding hydrogens is 406 g/mol. The van der Waals surface area contributed by atoms with Crippen LogP contribution in [0, 0.1) is 13.8 Å². The molecule has 2 heterocycles. The lowest BCUT2D eigenvalue weighted by Crippen LogP contribution is -2.21. The summed E-state index contributed by atoms with van der Waals surface area (Å²) in [6.45, 7) is 3.96. The van der Waals surface area contributed by atoms with Crippen molar-refractivity contribution in [2.75, 3.05) is 0 Å². The number of hydrogen-bond acceptors (Lipinski definition) is 5. The summed E-state index contributed by atoms with van der Waals surface area (Å²) in [6.07, 6.45) is 5.72. The fraction of sp³-hybridized carbons (Fsp3) is 0.240. The van der Waals surface area contributed by atoms with Crippen LogP contribution in [0.1, 0.15) is 40.0 Å². The van der Waals surface area contributed by atoms with Gasteiger partial charge in [0.25, 0.3) is 5.56 Å². The zero-order valence-corrected chi connectivity index (χ0v) is 18.4. The fourth-order valence-corrected chi connectivity index (χ4v) is 5.45. The van der Waals surface area contributed by atoms with Crippen LogP contribution >= 0.6 is 11.3 Å². The van der Waals surface area contributed by atoms with Gasteiger partial charge in [-0.25, -0.2) is 4.98 Å². The molecule has 0 amide bonds. The van der Waals surface area contributed by atoms with E-state index in [2.05, 4.69) is 5.10 Å². The van der Waals surface area contributed by atoms with Gasteiger partial charge >= 0.3 is 0 Å². The third-order valence-corrected chi connectivity index (χ3v) is 7.03. The lowest BCUT2D eigenvalue weighted by Gasteiger charge is -2.12. The number of hydrogen-bond donors (Lipinski definition) is 1. The van der Waals surface area contributed by atoms with Crippen LogP contribution in [0.2, 0.25) is 0 Å².